The number of fused-ring (bicyclic) bond motifs is 1. The summed E-state index contributed by atoms with van der Waals surface area (Å²) in [6.07, 6.45) is 4.37. The van der Waals surface area contributed by atoms with Crippen LogP contribution >= 0.6 is 0 Å². The van der Waals surface area contributed by atoms with E-state index in [1.54, 1.807) is 6.08 Å². The van der Waals surface area contributed by atoms with Gasteiger partial charge in [-0.3, -0.25) is 4.79 Å². The summed E-state index contributed by atoms with van der Waals surface area (Å²) >= 11 is 0. The third-order valence-electron chi connectivity index (χ3n) is 3.92. The van der Waals surface area contributed by atoms with Crippen LogP contribution in [0.5, 0.6) is 0 Å². The van der Waals surface area contributed by atoms with Gasteiger partial charge in [0.15, 0.2) is 0 Å². The van der Waals surface area contributed by atoms with Crippen molar-refractivity contribution in [1.82, 2.24) is 5.32 Å². The van der Waals surface area contributed by atoms with E-state index in [9.17, 15) is 9.18 Å². The van der Waals surface area contributed by atoms with Crippen LogP contribution in [0.2, 0.25) is 0 Å². The van der Waals surface area contributed by atoms with Gasteiger partial charge in [-0.15, -0.1) is 0 Å². The topological polar surface area (TPSA) is 29.1 Å². The molecule has 0 unspecified atom stereocenters. The lowest BCUT2D eigenvalue weighted by Crippen LogP contribution is -2.21. The average Bonchev–Trinajstić information content (AvgIpc) is 2.54. The summed E-state index contributed by atoms with van der Waals surface area (Å²) in [7, 11) is 0. The largest absolute Gasteiger partial charge is 0.348 e. The fourth-order valence-corrected chi connectivity index (χ4v) is 2.81. The van der Waals surface area contributed by atoms with E-state index < -0.39 is 0 Å². The number of hydrogen-bond acceptors (Lipinski definition) is 1. The molecule has 0 fully saturated rings. The molecular weight excluding hydrogens is 277 g/mol. The molecule has 3 rings (SSSR count). The Kier molecular flexibility index (Phi) is 4.33. The van der Waals surface area contributed by atoms with Gasteiger partial charge in [-0.1, -0.05) is 36.4 Å². The van der Waals surface area contributed by atoms with Gasteiger partial charge in [-0.05, 0) is 53.7 Å². The van der Waals surface area contributed by atoms with Gasteiger partial charge in [0, 0.05) is 12.6 Å². The fraction of sp³-hybridized carbons (Fsp3) is 0.211. The molecule has 0 bridgehead atoms. The van der Waals surface area contributed by atoms with Crippen molar-refractivity contribution < 1.29 is 9.18 Å². The number of carbonyl (C=O) groups is 1. The molecule has 1 aliphatic rings. The molecule has 3 heteroatoms. The van der Waals surface area contributed by atoms with Crippen LogP contribution in [0.25, 0.3) is 5.57 Å². The first-order valence-electron chi connectivity index (χ1n) is 7.53. The van der Waals surface area contributed by atoms with Crippen LogP contribution < -0.4 is 5.32 Å². The molecule has 2 aromatic carbocycles. The number of amides is 1. The molecule has 0 radical (unpaired) electrons. The predicted octanol–water partition coefficient (Wildman–Crippen LogP) is 3.86. The summed E-state index contributed by atoms with van der Waals surface area (Å²) in [4.78, 5) is 12.1. The maximum Gasteiger partial charge on any atom is 0.244 e. The second kappa shape index (κ2) is 6.56. The first kappa shape index (κ1) is 14.5. The highest BCUT2D eigenvalue weighted by Gasteiger charge is 2.15. The first-order chi connectivity index (χ1) is 10.7. The van der Waals surface area contributed by atoms with Gasteiger partial charge in [-0.25, -0.2) is 4.39 Å². The Morgan fingerprint density at radius 1 is 1.14 bits per heavy atom. The lowest BCUT2D eigenvalue weighted by molar-refractivity contribution is -0.116. The van der Waals surface area contributed by atoms with Crippen LogP contribution in [0.15, 0.2) is 54.6 Å². The van der Waals surface area contributed by atoms with E-state index in [4.69, 9.17) is 0 Å². The maximum atomic E-state index is 13.4. The molecule has 0 heterocycles. The van der Waals surface area contributed by atoms with Crippen molar-refractivity contribution in [1.29, 1.82) is 0 Å². The minimum atomic E-state index is -0.253. The first-order valence-corrected chi connectivity index (χ1v) is 7.53. The zero-order valence-electron chi connectivity index (χ0n) is 12.3. The highest BCUT2D eigenvalue weighted by Crippen LogP contribution is 2.31. The molecule has 1 N–H and O–H groups in total. The van der Waals surface area contributed by atoms with Crippen LogP contribution in [-0.2, 0) is 17.8 Å². The molecule has 112 valence electrons. The van der Waals surface area contributed by atoms with E-state index in [0.717, 1.165) is 41.5 Å². The van der Waals surface area contributed by atoms with Gasteiger partial charge in [0.05, 0.1) is 0 Å². The molecule has 0 spiro atoms. The van der Waals surface area contributed by atoms with E-state index in [0.29, 0.717) is 6.54 Å². The number of nitrogens with one attached hydrogen (secondary N) is 1. The molecule has 0 aliphatic heterocycles. The minimum absolute atomic E-state index is 0.129. The Balaban J connectivity index is 1.73. The van der Waals surface area contributed by atoms with E-state index in [1.165, 1.54) is 12.1 Å². The molecule has 0 aromatic heterocycles. The Bertz CT molecular complexity index is 707. The van der Waals surface area contributed by atoms with Crippen molar-refractivity contribution >= 4 is 11.5 Å². The van der Waals surface area contributed by atoms with Crippen LogP contribution in [0.1, 0.15) is 29.5 Å². The molecule has 0 saturated carbocycles. The Hall–Kier alpha value is -2.42. The van der Waals surface area contributed by atoms with Crippen LogP contribution in [0.4, 0.5) is 4.39 Å². The number of carbonyl (C=O) groups excluding carboxylic acids is 1. The number of rotatable bonds is 3. The van der Waals surface area contributed by atoms with Crippen molar-refractivity contribution in [2.45, 2.75) is 25.8 Å². The van der Waals surface area contributed by atoms with Gasteiger partial charge in [-0.2, -0.15) is 0 Å². The minimum Gasteiger partial charge on any atom is -0.348 e. The van der Waals surface area contributed by atoms with Crippen LogP contribution in [0.3, 0.4) is 0 Å². The summed E-state index contributed by atoms with van der Waals surface area (Å²) in [5, 5.41) is 2.88. The molecule has 0 saturated heterocycles. The molecular formula is C19H18FNO. The highest BCUT2D eigenvalue weighted by atomic mass is 19.1. The second-order valence-corrected chi connectivity index (χ2v) is 5.53. The molecule has 2 nitrogen and oxygen atoms in total. The third-order valence-corrected chi connectivity index (χ3v) is 3.92. The molecule has 0 atom stereocenters. The number of aryl methyl sites for hydroxylation is 1. The number of hydrogen-bond donors (Lipinski definition) is 1. The highest BCUT2D eigenvalue weighted by molar-refractivity contribution is 5.95. The summed E-state index contributed by atoms with van der Waals surface area (Å²) in [6, 6.07) is 14.6. The van der Waals surface area contributed by atoms with E-state index in [-0.39, 0.29) is 11.7 Å². The Morgan fingerprint density at radius 3 is 2.77 bits per heavy atom. The Labute approximate surface area is 129 Å². The lowest BCUT2D eigenvalue weighted by atomic mass is 9.87. The summed E-state index contributed by atoms with van der Waals surface area (Å²) < 4.78 is 13.4. The summed E-state index contributed by atoms with van der Waals surface area (Å²) in [5.41, 5.74) is 3.98. The SMILES string of the molecule is O=C(C=C1CCCc2ccc(F)cc21)NCc1ccccc1. The van der Waals surface area contributed by atoms with Crippen molar-refractivity contribution in [3.63, 3.8) is 0 Å². The van der Waals surface area contributed by atoms with Crippen molar-refractivity contribution in [2.24, 2.45) is 0 Å². The Morgan fingerprint density at radius 2 is 1.95 bits per heavy atom. The van der Waals surface area contributed by atoms with Crippen LogP contribution in [0, 0.1) is 5.82 Å². The smallest absolute Gasteiger partial charge is 0.244 e. The molecule has 1 amide bonds. The lowest BCUT2D eigenvalue weighted by Gasteiger charge is -2.19. The van der Waals surface area contributed by atoms with Gasteiger partial charge in [0.1, 0.15) is 5.82 Å². The molecule has 22 heavy (non-hydrogen) atoms. The molecule has 2 aromatic rings. The maximum absolute atomic E-state index is 13.4. The van der Waals surface area contributed by atoms with E-state index in [1.807, 2.05) is 36.4 Å². The predicted molar refractivity (Wildman–Crippen MR) is 85.6 cm³/mol. The normalized spacial score (nSPS) is 15.4. The van der Waals surface area contributed by atoms with Gasteiger partial charge < -0.3 is 5.32 Å². The summed E-state index contributed by atoms with van der Waals surface area (Å²) in [5.74, 6) is -0.382. The fourth-order valence-electron chi connectivity index (χ4n) is 2.81. The van der Waals surface area contributed by atoms with Crippen molar-refractivity contribution in [3.05, 3.63) is 77.1 Å². The number of benzene rings is 2. The second-order valence-electron chi connectivity index (χ2n) is 5.53. The van der Waals surface area contributed by atoms with E-state index in [2.05, 4.69) is 5.32 Å². The van der Waals surface area contributed by atoms with Gasteiger partial charge in [0.2, 0.25) is 5.91 Å². The van der Waals surface area contributed by atoms with E-state index >= 15 is 0 Å². The number of allylic oxidation sites excluding steroid dienone is 1. The number of halogens is 1. The quantitative estimate of drug-likeness (QED) is 0.856. The standard InChI is InChI=1S/C19H18FNO/c20-17-10-9-15-7-4-8-16(18(15)12-17)11-19(22)21-13-14-5-2-1-3-6-14/h1-3,5-6,9-12H,4,7-8,13H2,(H,21,22). The van der Waals surface area contributed by atoms with Crippen molar-refractivity contribution in [3.8, 4) is 0 Å². The zero-order valence-corrected chi connectivity index (χ0v) is 12.3. The monoisotopic (exact) mass is 295 g/mol. The van der Waals surface area contributed by atoms with Crippen molar-refractivity contribution in [2.75, 3.05) is 0 Å². The van der Waals surface area contributed by atoms with Gasteiger partial charge >= 0.3 is 0 Å². The third kappa shape index (κ3) is 3.42. The summed E-state index contributed by atoms with van der Waals surface area (Å²) in [6.45, 7) is 0.499. The zero-order chi connectivity index (χ0) is 15.4. The molecule has 1 aliphatic carbocycles. The van der Waals surface area contributed by atoms with Crippen LogP contribution in [-0.4, -0.2) is 5.91 Å². The van der Waals surface area contributed by atoms with Gasteiger partial charge in [0.25, 0.3) is 0 Å². The average molecular weight is 295 g/mol.